The van der Waals surface area contributed by atoms with Crippen molar-refractivity contribution < 1.29 is 14.3 Å². The molecule has 3 heterocycles. The minimum atomic E-state index is -0.0306. The van der Waals surface area contributed by atoms with Crippen molar-refractivity contribution in [2.75, 3.05) is 27.2 Å². The van der Waals surface area contributed by atoms with E-state index in [9.17, 15) is 9.59 Å². The molecule has 2 aromatic heterocycles. The van der Waals surface area contributed by atoms with Gasteiger partial charge in [-0.2, -0.15) is 11.3 Å². The zero-order chi connectivity index (χ0) is 23.9. The fraction of sp³-hybridized carbons (Fsp3) is 0.370. The first kappa shape index (κ1) is 24.0. The second-order valence-electron chi connectivity index (χ2n) is 8.81. The van der Waals surface area contributed by atoms with Crippen LogP contribution in [-0.2, 0) is 17.6 Å². The number of nitrogens with zero attached hydrogens (tertiary/aromatic N) is 3. The molecule has 0 unspecified atom stereocenters. The van der Waals surface area contributed by atoms with Crippen LogP contribution in [0.4, 0.5) is 0 Å². The quantitative estimate of drug-likeness (QED) is 0.485. The summed E-state index contributed by atoms with van der Waals surface area (Å²) in [6.45, 7) is 1.44. The van der Waals surface area contributed by atoms with E-state index in [-0.39, 0.29) is 17.9 Å². The third kappa shape index (κ3) is 5.83. The predicted molar refractivity (Wildman–Crippen MR) is 134 cm³/mol. The van der Waals surface area contributed by atoms with Crippen LogP contribution < -0.4 is 4.74 Å². The Kier molecular flexibility index (Phi) is 7.95. The molecule has 0 saturated carbocycles. The van der Waals surface area contributed by atoms with Crippen molar-refractivity contribution in [3.63, 3.8) is 0 Å². The predicted octanol–water partition coefficient (Wildman–Crippen LogP) is 4.32. The largest absolute Gasteiger partial charge is 0.497 e. The van der Waals surface area contributed by atoms with Gasteiger partial charge in [0, 0.05) is 38.6 Å². The number of thiophene rings is 1. The first-order chi connectivity index (χ1) is 16.5. The fourth-order valence-electron chi connectivity index (χ4n) is 4.72. The average Bonchev–Trinajstić information content (AvgIpc) is 3.40. The van der Waals surface area contributed by atoms with Crippen LogP contribution in [0.5, 0.6) is 5.75 Å². The number of hydrogen-bond acceptors (Lipinski definition) is 5. The number of benzene rings is 1. The number of piperidine rings is 1. The molecule has 0 N–H and O–H groups in total. The van der Waals surface area contributed by atoms with Gasteiger partial charge in [0.2, 0.25) is 5.91 Å². The summed E-state index contributed by atoms with van der Waals surface area (Å²) in [7, 11) is 3.55. The standard InChI is InChI=1S/C27H31N3O3S/c1-29(27(32)23-6-4-11-28-18-23)25(16-20-5-3-7-24(15-20)33-2)22-8-12-30(13-9-22)26(31)17-21-10-14-34-19-21/h3-7,10-11,14-15,18-19,22,25H,8-9,12-13,16-17H2,1-2H3/t25-/m0/s1. The molecule has 1 saturated heterocycles. The van der Waals surface area contributed by atoms with Gasteiger partial charge in [0.1, 0.15) is 5.75 Å². The maximum absolute atomic E-state index is 13.3. The lowest BCUT2D eigenvalue weighted by Gasteiger charge is -2.40. The third-order valence-corrected chi connectivity index (χ3v) is 7.41. The summed E-state index contributed by atoms with van der Waals surface area (Å²) in [6, 6.07) is 13.6. The van der Waals surface area contributed by atoms with Crippen molar-refractivity contribution in [3.05, 3.63) is 82.3 Å². The number of likely N-dealkylation sites (N-methyl/N-ethyl adjacent to an activating group) is 1. The normalized spacial score (nSPS) is 15.1. The first-order valence-corrected chi connectivity index (χ1v) is 12.6. The summed E-state index contributed by atoms with van der Waals surface area (Å²) in [5.74, 6) is 1.26. The van der Waals surface area contributed by atoms with Crippen LogP contribution in [-0.4, -0.2) is 59.9 Å². The molecule has 2 amide bonds. The van der Waals surface area contributed by atoms with Crippen molar-refractivity contribution >= 4 is 23.2 Å². The van der Waals surface area contributed by atoms with Crippen molar-refractivity contribution in [1.29, 1.82) is 0 Å². The van der Waals surface area contributed by atoms with Crippen molar-refractivity contribution in [2.24, 2.45) is 5.92 Å². The van der Waals surface area contributed by atoms with E-state index in [1.807, 2.05) is 51.9 Å². The Labute approximate surface area is 205 Å². The highest BCUT2D eigenvalue weighted by Gasteiger charge is 2.33. The molecule has 0 bridgehead atoms. The van der Waals surface area contributed by atoms with Crippen LogP contribution >= 0.6 is 11.3 Å². The fourth-order valence-corrected chi connectivity index (χ4v) is 5.39. The van der Waals surface area contributed by atoms with Crippen LogP contribution in [0.2, 0.25) is 0 Å². The Hall–Kier alpha value is -3.19. The Morgan fingerprint density at radius 1 is 1.18 bits per heavy atom. The highest BCUT2D eigenvalue weighted by Crippen LogP contribution is 2.28. The minimum Gasteiger partial charge on any atom is -0.497 e. The van der Waals surface area contributed by atoms with Gasteiger partial charge in [-0.1, -0.05) is 12.1 Å². The molecule has 4 rings (SSSR count). The van der Waals surface area contributed by atoms with Gasteiger partial charge in [-0.15, -0.1) is 0 Å². The molecule has 0 aliphatic carbocycles. The maximum atomic E-state index is 13.3. The van der Waals surface area contributed by atoms with E-state index in [4.69, 9.17) is 4.74 Å². The van der Waals surface area contributed by atoms with Crippen LogP contribution in [0, 0.1) is 5.92 Å². The van der Waals surface area contributed by atoms with E-state index in [2.05, 4.69) is 11.1 Å². The number of methoxy groups -OCH3 is 1. The highest BCUT2D eigenvalue weighted by molar-refractivity contribution is 7.08. The van der Waals surface area contributed by atoms with Crippen molar-refractivity contribution in [1.82, 2.24) is 14.8 Å². The van der Waals surface area contributed by atoms with E-state index in [1.54, 1.807) is 43.0 Å². The first-order valence-electron chi connectivity index (χ1n) is 11.6. The van der Waals surface area contributed by atoms with Crippen LogP contribution in [0.25, 0.3) is 0 Å². The van der Waals surface area contributed by atoms with Crippen LogP contribution in [0.3, 0.4) is 0 Å². The number of hydrogen-bond donors (Lipinski definition) is 0. The van der Waals surface area contributed by atoms with Gasteiger partial charge in [-0.05, 0) is 77.4 Å². The summed E-state index contributed by atoms with van der Waals surface area (Å²) in [5, 5.41) is 4.04. The second-order valence-corrected chi connectivity index (χ2v) is 9.59. The molecule has 6 nitrogen and oxygen atoms in total. The highest BCUT2D eigenvalue weighted by atomic mass is 32.1. The Balaban J connectivity index is 1.48. The van der Waals surface area contributed by atoms with Gasteiger partial charge in [-0.25, -0.2) is 0 Å². The molecule has 0 spiro atoms. The zero-order valence-electron chi connectivity index (χ0n) is 19.7. The lowest BCUT2D eigenvalue weighted by molar-refractivity contribution is -0.132. The Morgan fingerprint density at radius 2 is 2.00 bits per heavy atom. The van der Waals surface area contributed by atoms with Gasteiger partial charge in [0.05, 0.1) is 19.1 Å². The molecule has 1 aromatic carbocycles. The van der Waals surface area contributed by atoms with Crippen molar-refractivity contribution in [2.45, 2.75) is 31.7 Å². The number of pyridine rings is 1. The number of aromatic nitrogens is 1. The molecular weight excluding hydrogens is 446 g/mol. The topological polar surface area (TPSA) is 62.7 Å². The summed E-state index contributed by atoms with van der Waals surface area (Å²) in [6.07, 6.45) is 6.22. The van der Waals surface area contributed by atoms with E-state index >= 15 is 0 Å². The third-order valence-electron chi connectivity index (χ3n) is 6.68. The van der Waals surface area contributed by atoms with Gasteiger partial charge in [0.25, 0.3) is 5.91 Å². The molecular formula is C27H31N3O3S. The lowest BCUT2D eigenvalue weighted by atomic mass is 9.84. The smallest absolute Gasteiger partial charge is 0.255 e. The van der Waals surface area contributed by atoms with Crippen LogP contribution in [0.1, 0.15) is 34.3 Å². The Bertz CT molecular complexity index is 1080. The van der Waals surface area contributed by atoms with Gasteiger partial charge < -0.3 is 14.5 Å². The van der Waals surface area contributed by atoms with E-state index < -0.39 is 0 Å². The zero-order valence-corrected chi connectivity index (χ0v) is 20.5. The molecule has 7 heteroatoms. The monoisotopic (exact) mass is 477 g/mol. The van der Waals surface area contributed by atoms with Crippen molar-refractivity contribution in [3.8, 4) is 5.75 Å². The van der Waals surface area contributed by atoms with E-state index in [0.29, 0.717) is 17.9 Å². The molecule has 178 valence electrons. The number of carbonyl (C=O) groups is 2. The number of amides is 2. The van der Waals surface area contributed by atoms with E-state index in [0.717, 1.165) is 49.2 Å². The summed E-state index contributed by atoms with van der Waals surface area (Å²) >= 11 is 1.62. The molecule has 0 radical (unpaired) electrons. The van der Waals surface area contributed by atoms with Gasteiger partial charge in [0.15, 0.2) is 0 Å². The summed E-state index contributed by atoms with van der Waals surface area (Å²) in [5.41, 5.74) is 2.80. The molecule has 1 fully saturated rings. The molecule has 3 aromatic rings. The van der Waals surface area contributed by atoms with E-state index in [1.165, 1.54) is 0 Å². The maximum Gasteiger partial charge on any atom is 0.255 e. The molecule has 34 heavy (non-hydrogen) atoms. The summed E-state index contributed by atoms with van der Waals surface area (Å²) < 4.78 is 5.41. The minimum absolute atomic E-state index is 0.00828. The lowest BCUT2D eigenvalue weighted by Crippen LogP contribution is -2.48. The number of likely N-dealkylation sites (tertiary alicyclic amines) is 1. The molecule has 1 aliphatic heterocycles. The van der Waals surface area contributed by atoms with Gasteiger partial charge >= 0.3 is 0 Å². The molecule has 1 atom stereocenters. The SMILES string of the molecule is COc1cccc(C[C@@H](C2CCN(C(=O)Cc3ccsc3)CC2)N(C)C(=O)c2cccnc2)c1. The average molecular weight is 478 g/mol. The second kappa shape index (κ2) is 11.3. The van der Waals surface area contributed by atoms with Gasteiger partial charge in [-0.3, -0.25) is 14.6 Å². The summed E-state index contributed by atoms with van der Waals surface area (Å²) in [4.78, 5) is 34.0. The Morgan fingerprint density at radius 3 is 2.68 bits per heavy atom. The van der Waals surface area contributed by atoms with Crippen LogP contribution in [0.15, 0.2) is 65.6 Å². The number of ether oxygens (including phenoxy) is 1. The molecule has 1 aliphatic rings. The number of carbonyl (C=O) groups excluding carboxylic acids is 2. The number of rotatable bonds is 8.